The topological polar surface area (TPSA) is 140 Å². The predicted octanol–water partition coefficient (Wildman–Crippen LogP) is -1.26. The standard InChI is InChI=1S/C13H14N4O4/c14-5-9-3-1-2-4-10(9)21-8-13(20)17(6-11(15)18)7-12(16)19/h1-4H,6-8H2,(H2,15,18)(H2,16,19). The van der Waals surface area contributed by atoms with Gasteiger partial charge in [-0.2, -0.15) is 5.26 Å². The lowest BCUT2D eigenvalue weighted by atomic mass is 10.2. The molecule has 0 saturated heterocycles. The third-order valence-electron chi connectivity index (χ3n) is 2.40. The molecule has 1 aromatic rings. The number of nitrogens with two attached hydrogens (primary N) is 2. The van der Waals surface area contributed by atoms with Gasteiger partial charge in [0.15, 0.2) is 6.61 Å². The molecule has 0 fully saturated rings. The van der Waals surface area contributed by atoms with E-state index in [4.69, 9.17) is 21.5 Å². The molecule has 0 saturated carbocycles. The number of primary amides is 2. The molecule has 21 heavy (non-hydrogen) atoms. The smallest absolute Gasteiger partial charge is 0.261 e. The second-order valence-electron chi connectivity index (χ2n) is 4.08. The Kier molecular flexibility index (Phi) is 5.70. The van der Waals surface area contributed by atoms with Gasteiger partial charge < -0.3 is 21.1 Å². The molecule has 0 atom stereocenters. The summed E-state index contributed by atoms with van der Waals surface area (Å²) < 4.78 is 5.22. The summed E-state index contributed by atoms with van der Waals surface area (Å²) in [5.74, 6) is -1.96. The normalized spacial score (nSPS) is 9.48. The van der Waals surface area contributed by atoms with E-state index >= 15 is 0 Å². The van der Waals surface area contributed by atoms with Crippen molar-refractivity contribution >= 4 is 17.7 Å². The summed E-state index contributed by atoms with van der Waals surface area (Å²) in [6.45, 7) is -1.32. The number of ether oxygens (including phenoxy) is 1. The van der Waals surface area contributed by atoms with Crippen LogP contribution in [0.25, 0.3) is 0 Å². The van der Waals surface area contributed by atoms with Gasteiger partial charge in [-0.15, -0.1) is 0 Å². The zero-order chi connectivity index (χ0) is 15.8. The molecule has 0 aromatic heterocycles. The Hall–Kier alpha value is -3.08. The highest BCUT2D eigenvalue weighted by molar-refractivity contribution is 5.88. The van der Waals surface area contributed by atoms with Gasteiger partial charge in [-0.05, 0) is 12.1 Å². The third kappa shape index (κ3) is 5.20. The maximum atomic E-state index is 11.9. The second kappa shape index (κ2) is 7.49. The fourth-order valence-electron chi connectivity index (χ4n) is 1.52. The molecule has 8 nitrogen and oxygen atoms in total. The summed E-state index contributed by atoms with van der Waals surface area (Å²) in [5.41, 5.74) is 10.2. The molecule has 1 rings (SSSR count). The molecule has 3 amide bonds. The average Bonchev–Trinajstić information content (AvgIpc) is 2.43. The quantitative estimate of drug-likeness (QED) is 0.644. The van der Waals surface area contributed by atoms with Gasteiger partial charge in [-0.25, -0.2) is 0 Å². The van der Waals surface area contributed by atoms with Crippen LogP contribution in [0, 0.1) is 11.3 Å². The lowest BCUT2D eigenvalue weighted by Crippen LogP contribution is -2.45. The number of para-hydroxylation sites is 1. The van der Waals surface area contributed by atoms with E-state index in [9.17, 15) is 14.4 Å². The van der Waals surface area contributed by atoms with Crippen LogP contribution in [0.15, 0.2) is 24.3 Å². The van der Waals surface area contributed by atoms with Crippen LogP contribution in [0.2, 0.25) is 0 Å². The van der Waals surface area contributed by atoms with Crippen molar-refractivity contribution in [3.8, 4) is 11.8 Å². The van der Waals surface area contributed by atoms with Crippen molar-refractivity contribution in [2.75, 3.05) is 19.7 Å². The van der Waals surface area contributed by atoms with Gasteiger partial charge in [-0.1, -0.05) is 12.1 Å². The molecule has 0 radical (unpaired) electrons. The fraction of sp³-hybridized carbons (Fsp3) is 0.231. The monoisotopic (exact) mass is 290 g/mol. The van der Waals surface area contributed by atoms with Crippen molar-refractivity contribution in [2.24, 2.45) is 11.5 Å². The highest BCUT2D eigenvalue weighted by Crippen LogP contribution is 2.16. The Balaban J connectivity index is 2.71. The van der Waals surface area contributed by atoms with Crippen molar-refractivity contribution in [2.45, 2.75) is 0 Å². The maximum Gasteiger partial charge on any atom is 0.261 e. The largest absolute Gasteiger partial charge is 0.482 e. The highest BCUT2D eigenvalue weighted by atomic mass is 16.5. The highest BCUT2D eigenvalue weighted by Gasteiger charge is 2.18. The second-order valence-corrected chi connectivity index (χ2v) is 4.08. The van der Waals surface area contributed by atoms with Crippen LogP contribution >= 0.6 is 0 Å². The zero-order valence-electron chi connectivity index (χ0n) is 11.1. The summed E-state index contributed by atoms with van der Waals surface area (Å²) in [6.07, 6.45) is 0. The van der Waals surface area contributed by atoms with Gasteiger partial charge >= 0.3 is 0 Å². The molecule has 0 aliphatic carbocycles. The molecule has 1 aromatic carbocycles. The van der Waals surface area contributed by atoms with E-state index < -0.39 is 37.4 Å². The van der Waals surface area contributed by atoms with Crippen LogP contribution < -0.4 is 16.2 Å². The molecule has 0 bridgehead atoms. The van der Waals surface area contributed by atoms with E-state index in [0.717, 1.165) is 4.90 Å². The van der Waals surface area contributed by atoms with Crippen molar-refractivity contribution in [3.05, 3.63) is 29.8 Å². The van der Waals surface area contributed by atoms with Gasteiger partial charge in [0, 0.05) is 0 Å². The molecule has 110 valence electrons. The van der Waals surface area contributed by atoms with Crippen LogP contribution in [-0.4, -0.2) is 42.3 Å². The number of benzene rings is 1. The Bertz CT molecular complexity index is 578. The number of carbonyl (C=O) groups excluding carboxylic acids is 3. The molecule has 4 N–H and O–H groups in total. The van der Waals surface area contributed by atoms with E-state index in [1.165, 1.54) is 12.1 Å². The molecule has 0 heterocycles. The van der Waals surface area contributed by atoms with Crippen LogP contribution in [-0.2, 0) is 14.4 Å². The minimum Gasteiger partial charge on any atom is -0.482 e. The first kappa shape index (κ1) is 16.0. The van der Waals surface area contributed by atoms with E-state index in [-0.39, 0.29) is 11.3 Å². The van der Waals surface area contributed by atoms with Crippen LogP contribution in [0.1, 0.15) is 5.56 Å². The summed E-state index contributed by atoms with van der Waals surface area (Å²) in [6, 6.07) is 8.27. The Morgan fingerprint density at radius 2 is 1.71 bits per heavy atom. The molecule has 8 heteroatoms. The van der Waals surface area contributed by atoms with E-state index in [2.05, 4.69) is 0 Å². The number of nitrogens with zero attached hydrogens (tertiary/aromatic N) is 2. The number of nitriles is 1. The van der Waals surface area contributed by atoms with E-state index in [0.29, 0.717) is 0 Å². The van der Waals surface area contributed by atoms with Gasteiger partial charge in [0.2, 0.25) is 11.8 Å². The first-order chi connectivity index (χ1) is 9.93. The van der Waals surface area contributed by atoms with E-state index in [1.807, 2.05) is 6.07 Å². The number of carbonyl (C=O) groups is 3. The zero-order valence-corrected chi connectivity index (χ0v) is 11.1. The van der Waals surface area contributed by atoms with Gasteiger partial charge in [0.25, 0.3) is 5.91 Å². The summed E-state index contributed by atoms with van der Waals surface area (Å²) >= 11 is 0. The average molecular weight is 290 g/mol. The molecule has 0 aliphatic rings. The Morgan fingerprint density at radius 1 is 1.14 bits per heavy atom. The maximum absolute atomic E-state index is 11.9. The molecule has 0 aliphatic heterocycles. The van der Waals surface area contributed by atoms with Crippen LogP contribution in [0.5, 0.6) is 5.75 Å². The van der Waals surface area contributed by atoms with Crippen LogP contribution in [0.3, 0.4) is 0 Å². The van der Waals surface area contributed by atoms with Crippen molar-refractivity contribution < 1.29 is 19.1 Å². The van der Waals surface area contributed by atoms with Crippen molar-refractivity contribution in [1.82, 2.24) is 4.90 Å². The molecular formula is C13H14N4O4. The summed E-state index contributed by atoms with van der Waals surface area (Å²) in [5, 5.41) is 8.88. The summed E-state index contributed by atoms with van der Waals surface area (Å²) in [4.78, 5) is 34.5. The number of rotatable bonds is 7. The third-order valence-corrected chi connectivity index (χ3v) is 2.40. The minimum absolute atomic E-state index is 0.228. The Labute approximate surface area is 120 Å². The Morgan fingerprint density at radius 3 is 2.24 bits per heavy atom. The van der Waals surface area contributed by atoms with Gasteiger partial charge in [-0.3, -0.25) is 14.4 Å². The molecular weight excluding hydrogens is 276 g/mol. The number of hydrogen-bond donors (Lipinski definition) is 2. The summed E-state index contributed by atoms with van der Waals surface area (Å²) in [7, 11) is 0. The predicted molar refractivity (Wildman–Crippen MR) is 71.6 cm³/mol. The van der Waals surface area contributed by atoms with Crippen molar-refractivity contribution in [1.29, 1.82) is 5.26 Å². The van der Waals surface area contributed by atoms with Crippen LogP contribution in [0.4, 0.5) is 0 Å². The molecule has 0 unspecified atom stereocenters. The first-order valence-corrected chi connectivity index (χ1v) is 5.90. The van der Waals surface area contributed by atoms with E-state index in [1.54, 1.807) is 12.1 Å². The minimum atomic E-state index is -0.776. The van der Waals surface area contributed by atoms with Gasteiger partial charge in [0.05, 0.1) is 18.7 Å². The van der Waals surface area contributed by atoms with Crippen molar-refractivity contribution in [3.63, 3.8) is 0 Å². The SMILES string of the molecule is N#Cc1ccccc1OCC(=O)N(CC(N)=O)CC(N)=O. The number of hydrogen-bond acceptors (Lipinski definition) is 5. The fourth-order valence-corrected chi connectivity index (χ4v) is 1.52. The lowest BCUT2D eigenvalue weighted by Gasteiger charge is -2.19. The van der Waals surface area contributed by atoms with Gasteiger partial charge in [0.1, 0.15) is 11.8 Å². The number of amides is 3. The lowest BCUT2D eigenvalue weighted by molar-refractivity contribution is -0.139. The first-order valence-electron chi connectivity index (χ1n) is 5.90. The molecule has 0 spiro atoms.